The van der Waals surface area contributed by atoms with E-state index in [0.717, 1.165) is 11.1 Å². The quantitative estimate of drug-likeness (QED) is 0.792. The zero-order chi connectivity index (χ0) is 14.5. The van der Waals surface area contributed by atoms with Gasteiger partial charge in [-0.05, 0) is 32.8 Å². The molecule has 0 amide bonds. The van der Waals surface area contributed by atoms with Gasteiger partial charge < -0.3 is 15.6 Å². The van der Waals surface area contributed by atoms with Crippen LogP contribution in [0.25, 0.3) is 0 Å². The minimum absolute atomic E-state index is 0.0627. The number of rotatable bonds is 7. The second kappa shape index (κ2) is 6.68. The molecule has 0 bridgehead atoms. The lowest BCUT2D eigenvalue weighted by molar-refractivity contribution is -0.144. The van der Waals surface area contributed by atoms with E-state index in [1.165, 1.54) is 0 Å². The number of carboxylic acids is 1. The molecule has 0 fully saturated rings. The smallest absolute Gasteiger partial charge is 0.315 e. The summed E-state index contributed by atoms with van der Waals surface area (Å²) in [6.07, 6.45) is 0.460. The summed E-state index contributed by atoms with van der Waals surface area (Å²) in [7, 11) is 0. The molecule has 19 heavy (non-hydrogen) atoms. The molecule has 4 heteroatoms. The van der Waals surface area contributed by atoms with E-state index in [1.807, 2.05) is 45.0 Å². The second-order valence-corrected chi connectivity index (χ2v) is 5.13. The van der Waals surface area contributed by atoms with Crippen LogP contribution in [-0.2, 0) is 14.9 Å². The van der Waals surface area contributed by atoms with Crippen molar-refractivity contribution < 1.29 is 14.6 Å². The maximum Gasteiger partial charge on any atom is 0.315 e. The van der Waals surface area contributed by atoms with Crippen LogP contribution in [0.4, 0.5) is 0 Å². The average Bonchev–Trinajstić information content (AvgIpc) is 2.34. The SMILES string of the molecule is Cc1cccc(C(CN)(CCOC(C)C)C(=O)O)c1. The van der Waals surface area contributed by atoms with Crippen LogP contribution in [0.2, 0.25) is 0 Å². The second-order valence-electron chi connectivity index (χ2n) is 5.13. The van der Waals surface area contributed by atoms with E-state index in [2.05, 4.69) is 0 Å². The molecule has 1 rings (SSSR count). The molecule has 0 radical (unpaired) electrons. The van der Waals surface area contributed by atoms with Crippen LogP contribution in [-0.4, -0.2) is 30.3 Å². The number of hydrogen-bond donors (Lipinski definition) is 2. The van der Waals surface area contributed by atoms with Gasteiger partial charge >= 0.3 is 5.97 Å². The summed E-state index contributed by atoms with van der Waals surface area (Å²) in [5, 5.41) is 9.60. The summed E-state index contributed by atoms with van der Waals surface area (Å²) in [6.45, 7) is 6.24. The first-order valence-corrected chi connectivity index (χ1v) is 6.54. The third-order valence-corrected chi connectivity index (χ3v) is 3.31. The molecular formula is C15H23NO3. The monoisotopic (exact) mass is 265 g/mol. The minimum atomic E-state index is -1.07. The van der Waals surface area contributed by atoms with Crippen LogP contribution in [0.15, 0.2) is 24.3 Å². The standard InChI is InChI=1S/C15H23NO3/c1-11(2)19-8-7-15(10-16,14(17)18)13-6-4-5-12(3)9-13/h4-6,9,11H,7-8,10,16H2,1-3H3,(H,17,18). The summed E-state index contributed by atoms with van der Waals surface area (Å²) in [4.78, 5) is 11.7. The number of aliphatic carboxylic acids is 1. The van der Waals surface area contributed by atoms with Crippen LogP contribution in [0.3, 0.4) is 0 Å². The zero-order valence-corrected chi connectivity index (χ0v) is 11.8. The van der Waals surface area contributed by atoms with Gasteiger partial charge in [0, 0.05) is 13.2 Å². The Morgan fingerprint density at radius 3 is 2.63 bits per heavy atom. The molecule has 0 aromatic heterocycles. The van der Waals surface area contributed by atoms with Crippen molar-refractivity contribution in [1.29, 1.82) is 0 Å². The van der Waals surface area contributed by atoms with Crippen molar-refractivity contribution in [2.24, 2.45) is 5.73 Å². The summed E-state index contributed by atoms with van der Waals surface area (Å²) in [6, 6.07) is 7.51. The Kier molecular flexibility index (Phi) is 5.51. The van der Waals surface area contributed by atoms with Gasteiger partial charge in [-0.25, -0.2) is 0 Å². The van der Waals surface area contributed by atoms with Crippen molar-refractivity contribution in [3.05, 3.63) is 35.4 Å². The molecular weight excluding hydrogens is 242 g/mol. The lowest BCUT2D eigenvalue weighted by Crippen LogP contribution is -2.44. The minimum Gasteiger partial charge on any atom is -0.481 e. The van der Waals surface area contributed by atoms with Gasteiger partial charge in [0.2, 0.25) is 0 Å². The molecule has 1 aromatic carbocycles. The van der Waals surface area contributed by atoms with Crippen molar-refractivity contribution in [2.75, 3.05) is 13.2 Å². The third kappa shape index (κ3) is 3.78. The van der Waals surface area contributed by atoms with E-state index in [0.29, 0.717) is 13.0 Å². The van der Waals surface area contributed by atoms with Gasteiger partial charge in [-0.15, -0.1) is 0 Å². The molecule has 4 nitrogen and oxygen atoms in total. The highest BCUT2D eigenvalue weighted by Gasteiger charge is 2.38. The lowest BCUT2D eigenvalue weighted by atomic mass is 9.77. The number of benzene rings is 1. The summed E-state index contributed by atoms with van der Waals surface area (Å²) >= 11 is 0. The Labute approximate surface area is 114 Å². The summed E-state index contributed by atoms with van der Waals surface area (Å²) < 4.78 is 5.48. The van der Waals surface area contributed by atoms with Crippen LogP contribution in [0.1, 0.15) is 31.4 Å². The van der Waals surface area contributed by atoms with Gasteiger partial charge in [-0.2, -0.15) is 0 Å². The Hall–Kier alpha value is -1.39. The maximum absolute atomic E-state index is 11.7. The van der Waals surface area contributed by atoms with Crippen LogP contribution >= 0.6 is 0 Å². The summed E-state index contributed by atoms with van der Waals surface area (Å²) in [5.41, 5.74) is 6.48. The molecule has 0 heterocycles. The number of ether oxygens (including phenoxy) is 1. The van der Waals surface area contributed by atoms with Crippen molar-refractivity contribution in [3.63, 3.8) is 0 Å². The molecule has 0 aliphatic heterocycles. The highest BCUT2D eigenvalue weighted by atomic mass is 16.5. The average molecular weight is 265 g/mol. The van der Waals surface area contributed by atoms with E-state index in [9.17, 15) is 9.90 Å². The fraction of sp³-hybridized carbons (Fsp3) is 0.533. The number of carboxylic acid groups (broad SMARTS) is 1. The number of carbonyl (C=O) groups is 1. The molecule has 1 unspecified atom stereocenters. The Morgan fingerprint density at radius 1 is 1.47 bits per heavy atom. The van der Waals surface area contributed by atoms with Gasteiger partial charge in [-0.1, -0.05) is 29.8 Å². The van der Waals surface area contributed by atoms with Crippen LogP contribution < -0.4 is 5.73 Å². The van der Waals surface area contributed by atoms with Crippen molar-refractivity contribution in [1.82, 2.24) is 0 Å². The first-order valence-electron chi connectivity index (χ1n) is 6.54. The van der Waals surface area contributed by atoms with E-state index in [1.54, 1.807) is 0 Å². The van der Waals surface area contributed by atoms with E-state index < -0.39 is 11.4 Å². The van der Waals surface area contributed by atoms with E-state index in [-0.39, 0.29) is 12.6 Å². The van der Waals surface area contributed by atoms with Gasteiger partial charge in [0.1, 0.15) is 5.41 Å². The van der Waals surface area contributed by atoms with Crippen LogP contribution in [0.5, 0.6) is 0 Å². The highest BCUT2D eigenvalue weighted by Crippen LogP contribution is 2.28. The fourth-order valence-electron chi connectivity index (χ4n) is 2.09. The predicted octanol–water partition coefficient (Wildman–Crippen LogP) is 2.09. The zero-order valence-electron chi connectivity index (χ0n) is 11.8. The van der Waals surface area contributed by atoms with Gasteiger partial charge in [-0.3, -0.25) is 4.79 Å². The van der Waals surface area contributed by atoms with Gasteiger partial charge in [0.15, 0.2) is 0 Å². The first-order chi connectivity index (χ1) is 8.92. The molecule has 0 spiro atoms. The Balaban J connectivity index is 3.02. The third-order valence-electron chi connectivity index (χ3n) is 3.31. The molecule has 0 saturated carbocycles. The topological polar surface area (TPSA) is 72.5 Å². The van der Waals surface area contributed by atoms with Crippen molar-refractivity contribution in [2.45, 2.75) is 38.7 Å². The number of nitrogens with two attached hydrogens (primary N) is 1. The van der Waals surface area contributed by atoms with E-state index >= 15 is 0 Å². The van der Waals surface area contributed by atoms with Crippen molar-refractivity contribution >= 4 is 5.97 Å². The normalized spacial score (nSPS) is 14.4. The highest BCUT2D eigenvalue weighted by molar-refractivity contribution is 5.81. The Bertz CT molecular complexity index is 431. The fourth-order valence-corrected chi connectivity index (χ4v) is 2.09. The molecule has 1 aromatic rings. The van der Waals surface area contributed by atoms with Crippen molar-refractivity contribution in [3.8, 4) is 0 Å². The largest absolute Gasteiger partial charge is 0.481 e. The molecule has 0 saturated heterocycles. The Morgan fingerprint density at radius 2 is 2.16 bits per heavy atom. The lowest BCUT2D eigenvalue weighted by Gasteiger charge is -2.29. The number of aryl methyl sites for hydroxylation is 1. The molecule has 3 N–H and O–H groups in total. The van der Waals surface area contributed by atoms with E-state index in [4.69, 9.17) is 10.5 Å². The summed E-state index contributed by atoms with van der Waals surface area (Å²) in [5.74, 6) is -0.895. The molecule has 1 atom stereocenters. The maximum atomic E-state index is 11.7. The van der Waals surface area contributed by atoms with Gasteiger partial charge in [0.05, 0.1) is 6.10 Å². The predicted molar refractivity (Wildman–Crippen MR) is 75.3 cm³/mol. The molecule has 106 valence electrons. The van der Waals surface area contributed by atoms with Crippen LogP contribution in [0, 0.1) is 6.92 Å². The molecule has 0 aliphatic rings. The first kappa shape index (κ1) is 15.7. The number of hydrogen-bond acceptors (Lipinski definition) is 3. The van der Waals surface area contributed by atoms with Gasteiger partial charge in [0.25, 0.3) is 0 Å². The molecule has 0 aliphatic carbocycles.